The second kappa shape index (κ2) is 8.35. The number of nitrogens with one attached hydrogen (secondary N) is 2. The van der Waals surface area contributed by atoms with Crippen molar-refractivity contribution in [3.05, 3.63) is 0 Å². The number of amides is 2. The van der Waals surface area contributed by atoms with E-state index in [0.29, 0.717) is 39.3 Å². The van der Waals surface area contributed by atoms with Crippen LogP contribution in [0.5, 0.6) is 0 Å². The van der Waals surface area contributed by atoms with E-state index in [1.807, 2.05) is 0 Å². The fraction of sp³-hybridized carbons (Fsp3) is 0.833. The van der Waals surface area contributed by atoms with E-state index in [9.17, 15) is 9.59 Å². The quantitative estimate of drug-likeness (QED) is 0.724. The highest BCUT2D eigenvalue weighted by atomic mass is 35.5. The summed E-state index contributed by atoms with van der Waals surface area (Å²) in [5, 5.41) is 5.99. The van der Waals surface area contributed by atoms with Crippen LogP contribution in [-0.2, 0) is 14.3 Å². The topological polar surface area (TPSA) is 70.7 Å². The Kier molecular flexibility index (Phi) is 7.12. The minimum absolute atomic E-state index is 0. The number of nitrogens with zero attached hydrogens (tertiary/aromatic N) is 1. The van der Waals surface area contributed by atoms with Crippen LogP contribution in [0.4, 0.5) is 0 Å². The van der Waals surface area contributed by atoms with E-state index >= 15 is 0 Å². The molecule has 0 aromatic rings. The molecule has 6 nitrogen and oxygen atoms in total. The number of carbonyl (C=O) groups excluding carboxylic acids is 2. The molecule has 110 valence electrons. The molecule has 0 spiro atoms. The fourth-order valence-corrected chi connectivity index (χ4v) is 2.29. The zero-order valence-corrected chi connectivity index (χ0v) is 11.8. The second-order valence-corrected chi connectivity index (χ2v) is 4.72. The molecule has 0 aromatic heterocycles. The van der Waals surface area contributed by atoms with Crippen LogP contribution in [0.15, 0.2) is 0 Å². The lowest BCUT2D eigenvalue weighted by atomic mass is 10.1. The lowest BCUT2D eigenvalue weighted by Crippen LogP contribution is -2.42. The molecule has 2 saturated heterocycles. The first-order chi connectivity index (χ1) is 8.77. The normalized spacial score (nSPS) is 22.7. The fourth-order valence-electron chi connectivity index (χ4n) is 2.29. The molecule has 2 amide bonds. The molecule has 19 heavy (non-hydrogen) atoms. The predicted octanol–water partition coefficient (Wildman–Crippen LogP) is -0.617. The molecule has 2 fully saturated rings. The third-order valence-corrected chi connectivity index (χ3v) is 3.43. The molecule has 2 N–H and O–H groups in total. The molecule has 0 saturated carbocycles. The highest BCUT2D eigenvalue weighted by Crippen LogP contribution is 2.07. The van der Waals surface area contributed by atoms with Crippen molar-refractivity contribution in [2.45, 2.75) is 12.8 Å². The van der Waals surface area contributed by atoms with Crippen LogP contribution >= 0.6 is 12.4 Å². The Morgan fingerprint density at radius 3 is 2.68 bits per heavy atom. The van der Waals surface area contributed by atoms with Crippen molar-refractivity contribution in [2.75, 3.05) is 45.9 Å². The number of halogens is 1. The van der Waals surface area contributed by atoms with Gasteiger partial charge in [0.25, 0.3) is 0 Å². The van der Waals surface area contributed by atoms with Crippen molar-refractivity contribution >= 4 is 24.2 Å². The maximum atomic E-state index is 11.8. The van der Waals surface area contributed by atoms with Crippen LogP contribution < -0.4 is 10.6 Å². The van der Waals surface area contributed by atoms with E-state index in [1.54, 1.807) is 4.90 Å². The number of hydrogen-bond donors (Lipinski definition) is 2. The van der Waals surface area contributed by atoms with Gasteiger partial charge in [-0.15, -0.1) is 12.4 Å². The molecule has 2 aliphatic heterocycles. The first kappa shape index (κ1) is 16.2. The van der Waals surface area contributed by atoms with Crippen molar-refractivity contribution < 1.29 is 14.3 Å². The highest BCUT2D eigenvalue weighted by molar-refractivity contribution is 5.85. The molecular weight excluding hydrogens is 270 g/mol. The summed E-state index contributed by atoms with van der Waals surface area (Å²) in [4.78, 5) is 25.3. The van der Waals surface area contributed by atoms with Crippen LogP contribution in [0.25, 0.3) is 0 Å². The van der Waals surface area contributed by atoms with Crippen LogP contribution in [0.1, 0.15) is 12.8 Å². The van der Waals surface area contributed by atoms with Crippen molar-refractivity contribution in [3.63, 3.8) is 0 Å². The van der Waals surface area contributed by atoms with E-state index in [-0.39, 0.29) is 30.1 Å². The summed E-state index contributed by atoms with van der Waals surface area (Å²) in [6.45, 7) is 4.66. The molecule has 0 aromatic carbocycles. The molecule has 0 aliphatic carbocycles. The van der Waals surface area contributed by atoms with E-state index in [1.165, 1.54) is 0 Å². The average Bonchev–Trinajstić information content (AvgIpc) is 2.93. The summed E-state index contributed by atoms with van der Waals surface area (Å²) in [5.41, 5.74) is 0. The molecule has 2 aliphatic rings. The maximum absolute atomic E-state index is 11.8. The van der Waals surface area contributed by atoms with E-state index in [4.69, 9.17) is 4.74 Å². The van der Waals surface area contributed by atoms with Gasteiger partial charge in [0, 0.05) is 32.6 Å². The van der Waals surface area contributed by atoms with E-state index in [2.05, 4.69) is 10.6 Å². The summed E-state index contributed by atoms with van der Waals surface area (Å²) in [7, 11) is 0. The second-order valence-electron chi connectivity index (χ2n) is 4.72. The summed E-state index contributed by atoms with van der Waals surface area (Å²) in [6, 6.07) is 0. The summed E-state index contributed by atoms with van der Waals surface area (Å²) in [6.07, 6.45) is 1.27. The first-order valence-electron chi connectivity index (χ1n) is 6.61. The molecule has 1 unspecified atom stereocenters. The highest BCUT2D eigenvalue weighted by Gasteiger charge is 2.22. The predicted molar refractivity (Wildman–Crippen MR) is 73.3 cm³/mol. The Balaban J connectivity index is 0.00000180. The van der Waals surface area contributed by atoms with Gasteiger partial charge in [-0.1, -0.05) is 0 Å². The van der Waals surface area contributed by atoms with Gasteiger partial charge in [-0.3, -0.25) is 9.59 Å². The van der Waals surface area contributed by atoms with Crippen molar-refractivity contribution in [3.8, 4) is 0 Å². The van der Waals surface area contributed by atoms with Crippen LogP contribution in [0, 0.1) is 5.92 Å². The van der Waals surface area contributed by atoms with E-state index in [0.717, 1.165) is 19.5 Å². The third kappa shape index (κ3) is 4.97. The van der Waals surface area contributed by atoms with Gasteiger partial charge in [0.1, 0.15) is 0 Å². The van der Waals surface area contributed by atoms with Crippen LogP contribution in [0.3, 0.4) is 0 Å². The average molecular weight is 292 g/mol. The van der Waals surface area contributed by atoms with Gasteiger partial charge in [0.2, 0.25) is 11.8 Å². The summed E-state index contributed by atoms with van der Waals surface area (Å²) in [5.74, 6) is 0.237. The van der Waals surface area contributed by atoms with E-state index < -0.39 is 0 Å². The summed E-state index contributed by atoms with van der Waals surface area (Å²) < 4.78 is 5.19. The Labute approximate surface area is 119 Å². The number of carbonyl (C=O) groups is 2. The van der Waals surface area contributed by atoms with Gasteiger partial charge < -0.3 is 20.3 Å². The molecule has 7 heteroatoms. The molecule has 0 radical (unpaired) electrons. The zero-order chi connectivity index (χ0) is 12.8. The van der Waals surface area contributed by atoms with Crippen LogP contribution in [-0.4, -0.2) is 62.7 Å². The van der Waals surface area contributed by atoms with Crippen molar-refractivity contribution in [1.29, 1.82) is 0 Å². The Hall–Kier alpha value is -0.850. The van der Waals surface area contributed by atoms with Gasteiger partial charge >= 0.3 is 0 Å². The smallest absolute Gasteiger partial charge is 0.224 e. The SMILES string of the molecule is Cl.O=C(NCCC(=O)N1CCOCC1)C1CCNC1. The minimum atomic E-state index is 0. The van der Waals surface area contributed by atoms with Gasteiger partial charge in [-0.25, -0.2) is 0 Å². The Morgan fingerprint density at radius 1 is 1.32 bits per heavy atom. The Morgan fingerprint density at radius 2 is 2.05 bits per heavy atom. The summed E-state index contributed by atoms with van der Waals surface area (Å²) >= 11 is 0. The number of morpholine rings is 1. The largest absolute Gasteiger partial charge is 0.378 e. The van der Waals surface area contributed by atoms with Crippen molar-refractivity contribution in [1.82, 2.24) is 15.5 Å². The lowest BCUT2D eigenvalue weighted by molar-refractivity contribution is -0.135. The van der Waals surface area contributed by atoms with Gasteiger partial charge in [-0.2, -0.15) is 0 Å². The number of ether oxygens (including phenoxy) is 1. The first-order valence-corrected chi connectivity index (χ1v) is 6.61. The zero-order valence-electron chi connectivity index (χ0n) is 11.0. The third-order valence-electron chi connectivity index (χ3n) is 3.43. The van der Waals surface area contributed by atoms with Gasteiger partial charge in [0.05, 0.1) is 19.1 Å². The van der Waals surface area contributed by atoms with Crippen LogP contribution in [0.2, 0.25) is 0 Å². The molecule has 2 rings (SSSR count). The van der Waals surface area contributed by atoms with Crippen molar-refractivity contribution in [2.24, 2.45) is 5.92 Å². The number of hydrogen-bond acceptors (Lipinski definition) is 4. The molecule has 1 atom stereocenters. The Bertz CT molecular complexity index is 303. The van der Waals surface area contributed by atoms with Gasteiger partial charge in [-0.05, 0) is 13.0 Å². The minimum Gasteiger partial charge on any atom is -0.378 e. The van der Waals surface area contributed by atoms with Gasteiger partial charge in [0.15, 0.2) is 0 Å². The standard InChI is InChI=1S/C12H21N3O3.ClH/c16-11(15-5-7-18-8-6-15)2-4-14-12(17)10-1-3-13-9-10;/h10,13H,1-9H2,(H,14,17);1H. The monoisotopic (exact) mass is 291 g/mol. The molecule has 0 bridgehead atoms. The molecule has 2 heterocycles. The lowest BCUT2D eigenvalue weighted by Gasteiger charge is -2.26. The number of rotatable bonds is 4. The molecular formula is C12H22ClN3O3. The maximum Gasteiger partial charge on any atom is 0.224 e.